The minimum Gasteiger partial charge on any atom is -0.494 e. The standard InChI is InChI=1S/C28H26F6N4O3/c1-17-4-6-18(7-5-17)21-14-26(28(32,33)34,19-8-10-20(11-9-19)41-13-3-12-27(29,30)31)37-25(40)23(21)24(39)36-22-15-38(2)16-35-22/h4-11,15-16H,3,12-14H2,1-2H3,(H,36,39)(H,37,40). The van der Waals surface area contributed by atoms with Crippen LogP contribution in [-0.2, 0) is 22.2 Å². The van der Waals surface area contributed by atoms with Gasteiger partial charge in [-0.1, -0.05) is 42.0 Å². The third-order valence-corrected chi connectivity index (χ3v) is 6.58. The smallest absolute Gasteiger partial charge is 0.416 e. The number of anilines is 1. The number of aryl methyl sites for hydroxylation is 2. The molecule has 1 atom stereocenters. The lowest BCUT2D eigenvalue weighted by Gasteiger charge is -2.41. The van der Waals surface area contributed by atoms with Gasteiger partial charge in [0.25, 0.3) is 11.8 Å². The second-order valence-corrected chi connectivity index (χ2v) is 9.72. The van der Waals surface area contributed by atoms with E-state index in [0.717, 1.165) is 17.7 Å². The van der Waals surface area contributed by atoms with Crippen LogP contribution in [0.2, 0.25) is 0 Å². The molecule has 0 radical (unpaired) electrons. The van der Waals surface area contributed by atoms with Crippen LogP contribution in [0.3, 0.4) is 0 Å². The van der Waals surface area contributed by atoms with Crippen molar-refractivity contribution >= 4 is 23.2 Å². The highest BCUT2D eigenvalue weighted by atomic mass is 19.4. The van der Waals surface area contributed by atoms with Gasteiger partial charge in [-0.15, -0.1) is 0 Å². The van der Waals surface area contributed by atoms with Gasteiger partial charge in [0.15, 0.2) is 11.4 Å². The number of rotatable bonds is 8. The molecule has 1 aliphatic heterocycles. The van der Waals surface area contributed by atoms with Crippen molar-refractivity contribution in [2.75, 3.05) is 11.9 Å². The Morgan fingerprint density at radius 3 is 2.29 bits per heavy atom. The second-order valence-electron chi connectivity index (χ2n) is 9.72. The fourth-order valence-electron chi connectivity index (χ4n) is 4.50. The van der Waals surface area contributed by atoms with Crippen LogP contribution in [0.4, 0.5) is 32.2 Å². The normalized spacial score (nSPS) is 17.8. The Morgan fingerprint density at radius 2 is 1.73 bits per heavy atom. The van der Waals surface area contributed by atoms with Gasteiger partial charge in [0.2, 0.25) is 0 Å². The van der Waals surface area contributed by atoms with Gasteiger partial charge < -0.3 is 19.9 Å². The fraction of sp³-hybridized carbons (Fsp3) is 0.321. The molecule has 2 heterocycles. The molecule has 2 amide bonds. The zero-order valence-electron chi connectivity index (χ0n) is 22.0. The average Bonchev–Trinajstić information content (AvgIpc) is 3.29. The number of nitrogens with one attached hydrogen (secondary N) is 2. The summed E-state index contributed by atoms with van der Waals surface area (Å²) in [5.41, 5.74) is -2.77. The molecule has 13 heteroatoms. The maximum Gasteiger partial charge on any atom is 0.416 e. The highest BCUT2D eigenvalue weighted by molar-refractivity contribution is 6.28. The van der Waals surface area contributed by atoms with Gasteiger partial charge in [-0.2, -0.15) is 26.3 Å². The van der Waals surface area contributed by atoms with Gasteiger partial charge in [-0.3, -0.25) is 9.59 Å². The predicted octanol–water partition coefficient (Wildman–Crippen LogP) is 5.82. The van der Waals surface area contributed by atoms with E-state index in [0.29, 0.717) is 0 Å². The molecule has 1 unspecified atom stereocenters. The number of ether oxygens (including phenoxy) is 1. The monoisotopic (exact) mass is 580 g/mol. The topological polar surface area (TPSA) is 85.2 Å². The van der Waals surface area contributed by atoms with E-state index in [2.05, 4.69) is 10.3 Å². The molecule has 0 saturated carbocycles. The lowest BCUT2D eigenvalue weighted by molar-refractivity contribution is -0.201. The van der Waals surface area contributed by atoms with Crippen LogP contribution in [0.25, 0.3) is 5.57 Å². The summed E-state index contributed by atoms with van der Waals surface area (Å²) in [6, 6.07) is 11.0. The first-order valence-corrected chi connectivity index (χ1v) is 12.5. The zero-order chi connectivity index (χ0) is 30.0. The van der Waals surface area contributed by atoms with Crippen molar-refractivity contribution in [1.29, 1.82) is 0 Å². The van der Waals surface area contributed by atoms with Crippen molar-refractivity contribution in [3.05, 3.63) is 83.3 Å². The molecule has 218 valence electrons. The summed E-state index contributed by atoms with van der Waals surface area (Å²) in [6.45, 7) is 1.50. The van der Waals surface area contributed by atoms with E-state index in [1.807, 2.05) is 5.32 Å². The highest BCUT2D eigenvalue weighted by Gasteiger charge is 2.60. The van der Waals surface area contributed by atoms with Crippen LogP contribution in [0.5, 0.6) is 5.75 Å². The maximum absolute atomic E-state index is 14.9. The van der Waals surface area contributed by atoms with Crippen LogP contribution in [0, 0.1) is 6.92 Å². The fourth-order valence-corrected chi connectivity index (χ4v) is 4.50. The van der Waals surface area contributed by atoms with E-state index in [1.165, 1.54) is 36.8 Å². The number of carbonyl (C=O) groups excluding carboxylic acids is 2. The molecule has 2 N–H and O–H groups in total. The van der Waals surface area contributed by atoms with Crippen LogP contribution in [0.15, 0.2) is 66.6 Å². The van der Waals surface area contributed by atoms with E-state index in [1.54, 1.807) is 30.7 Å². The third kappa shape index (κ3) is 6.72. The first kappa shape index (κ1) is 29.7. The van der Waals surface area contributed by atoms with Gasteiger partial charge in [-0.05, 0) is 42.2 Å². The van der Waals surface area contributed by atoms with Crippen molar-refractivity contribution in [3.63, 3.8) is 0 Å². The highest BCUT2D eigenvalue weighted by Crippen LogP contribution is 2.48. The van der Waals surface area contributed by atoms with Crippen molar-refractivity contribution in [1.82, 2.24) is 14.9 Å². The Morgan fingerprint density at radius 1 is 1.07 bits per heavy atom. The Balaban J connectivity index is 1.71. The molecular formula is C28H26F6N4O3. The molecule has 0 saturated heterocycles. The van der Waals surface area contributed by atoms with Gasteiger partial charge in [0.1, 0.15) is 11.3 Å². The summed E-state index contributed by atoms with van der Waals surface area (Å²) < 4.78 is 88.5. The summed E-state index contributed by atoms with van der Waals surface area (Å²) in [4.78, 5) is 30.6. The average molecular weight is 581 g/mol. The molecule has 1 aliphatic rings. The number of nitrogens with zero attached hydrogens (tertiary/aromatic N) is 2. The van der Waals surface area contributed by atoms with Crippen molar-refractivity contribution in [2.24, 2.45) is 7.05 Å². The number of hydrogen-bond donors (Lipinski definition) is 2. The maximum atomic E-state index is 14.9. The minimum atomic E-state index is -5.00. The molecule has 1 aromatic heterocycles. The molecule has 0 aliphatic carbocycles. The zero-order valence-corrected chi connectivity index (χ0v) is 22.0. The number of hydrogen-bond acceptors (Lipinski definition) is 4. The van der Waals surface area contributed by atoms with E-state index in [-0.39, 0.29) is 41.3 Å². The largest absolute Gasteiger partial charge is 0.494 e. The number of carbonyl (C=O) groups is 2. The quantitative estimate of drug-likeness (QED) is 0.200. The minimum absolute atomic E-state index is 0.0695. The van der Waals surface area contributed by atoms with Crippen LogP contribution in [0.1, 0.15) is 36.0 Å². The Bertz CT molecular complexity index is 1440. The number of alkyl halides is 6. The van der Waals surface area contributed by atoms with E-state index in [4.69, 9.17) is 4.74 Å². The molecule has 7 nitrogen and oxygen atoms in total. The third-order valence-electron chi connectivity index (χ3n) is 6.58. The molecule has 2 aromatic carbocycles. The van der Waals surface area contributed by atoms with Crippen molar-refractivity contribution < 1.29 is 40.7 Å². The molecule has 0 fully saturated rings. The Kier molecular flexibility index (Phi) is 8.18. The number of amides is 2. The summed E-state index contributed by atoms with van der Waals surface area (Å²) in [5, 5.41) is 4.50. The molecular weight excluding hydrogens is 554 g/mol. The summed E-state index contributed by atoms with van der Waals surface area (Å²) >= 11 is 0. The summed E-state index contributed by atoms with van der Waals surface area (Å²) in [5.74, 6) is -1.97. The van der Waals surface area contributed by atoms with E-state index >= 15 is 0 Å². The van der Waals surface area contributed by atoms with E-state index < -0.39 is 48.1 Å². The van der Waals surface area contributed by atoms with Crippen LogP contribution >= 0.6 is 0 Å². The molecule has 0 spiro atoms. The number of aromatic nitrogens is 2. The summed E-state index contributed by atoms with van der Waals surface area (Å²) in [6.07, 6.45) is -8.65. The van der Waals surface area contributed by atoms with Gasteiger partial charge in [0.05, 0.1) is 12.9 Å². The lowest BCUT2D eigenvalue weighted by Crippen LogP contribution is -2.59. The number of benzene rings is 2. The van der Waals surface area contributed by atoms with Crippen molar-refractivity contribution in [2.45, 2.75) is 44.1 Å². The Labute approximate surface area is 231 Å². The van der Waals surface area contributed by atoms with Crippen molar-refractivity contribution in [3.8, 4) is 5.75 Å². The molecule has 41 heavy (non-hydrogen) atoms. The predicted molar refractivity (Wildman–Crippen MR) is 138 cm³/mol. The molecule has 0 bridgehead atoms. The number of halogens is 6. The van der Waals surface area contributed by atoms with Crippen LogP contribution in [-0.4, -0.2) is 40.3 Å². The van der Waals surface area contributed by atoms with Gasteiger partial charge >= 0.3 is 12.4 Å². The summed E-state index contributed by atoms with van der Waals surface area (Å²) in [7, 11) is 1.66. The first-order chi connectivity index (χ1) is 19.2. The molecule has 4 rings (SSSR count). The van der Waals surface area contributed by atoms with Gasteiger partial charge in [-0.25, -0.2) is 4.98 Å². The first-order valence-electron chi connectivity index (χ1n) is 12.5. The Hall–Kier alpha value is -4.29. The van der Waals surface area contributed by atoms with Gasteiger partial charge in [0, 0.05) is 26.1 Å². The lowest BCUT2D eigenvalue weighted by atomic mass is 9.76. The number of imidazole rings is 1. The SMILES string of the molecule is Cc1ccc(C2=C(C(=O)Nc3cn(C)cn3)C(=O)NC(c3ccc(OCCCC(F)(F)F)cc3)(C(F)(F)F)C2)cc1. The molecule has 3 aromatic rings. The second kappa shape index (κ2) is 11.3. The van der Waals surface area contributed by atoms with E-state index in [9.17, 15) is 35.9 Å². The van der Waals surface area contributed by atoms with Crippen LogP contribution < -0.4 is 15.4 Å².